The second-order valence-corrected chi connectivity index (χ2v) is 13.8. The molecule has 0 aliphatic rings. The lowest BCUT2D eigenvalue weighted by atomic mass is 9.93. The molecule has 0 aliphatic heterocycles. The normalized spacial score (nSPS) is 11.3. The van der Waals surface area contributed by atoms with E-state index >= 15 is 0 Å². The maximum Gasteiger partial charge on any atom is 0.0571 e. The van der Waals surface area contributed by atoms with Crippen molar-refractivity contribution in [1.82, 2.24) is 19.5 Å². The van der Waals surface area contributed by atoms with E-state index in [1.165, 1.54) is 38.8 Å². The van der Waals surface area contributed by atoms with Crippen LogP contribution in [0.2, 0.25) is 0 Å². The molecule has 0 saturated heterocycles. The lowest BCUT2D eigenvalue weighted by Crippen LogP contribution is -1.96. The molecule has 0 saturated carbocycles. The van der Waals surface area contributed by atoms with Crippen LogP contribution in [0.3, 0.4) is 0 Å². The molecule has 0 fully saturated rings. The zero-order valence-electron chi connectivity index (χ0n) is 29.9. The molecule has 4 heterocycles. The summed E-state index contributed by atoms with van der Waals surface area (Å²) >= 11 is 0. The Morgan fingerprint density at radius 1 is 0.273 bits per heavy atom. The van der Waals surface area contributed by atoms with Gasteiger partial charge in [-0.2, -0.15) is 0 Å². The Hall–Kier alpha value is -7.43. The molecule has 0 radical (unpaired) electrons. The highest BCUT2D eigenvalue weighted by Gasteiger charge is 2.15. The lowest BCUT2D eigenvalue weighted by molar-refractivity contribution is 1.18. The summed E-state index contributed by atoms with van der Waals surface area (Å²) in [7, 11) is 0. The standard InChI is InChI=1S/C51H34N4/c1-2-16-50-48(15-1)49-34-54-26-21-51(49)55(50)47-32-45(43-13-5-11-41(29-43)39-9-3-7-37(27-39)35-17-22-52-23-18-35)31-46(33-47)44-14-6-12-42(30-44)40-10-4-8-38(28-40)36-19-24-53-25-20-36/h1-34H. The summed E-state index contributed by atoms with van der Waals surface area (Å²) in [6.45, 7) is 0. The van der Waals surface area contributed by atoms with Crippen LogP contribution in [-0.4, -0.2) is 19.5 Å². The topological polar surface area (TPSA) is 43.6 Å². The molecular formula is C51H34N4. The first-order chi connectivity index (χ1) is 27.2. The van der Waals surface area contributed by atoms with Gasteiger partial charge in [0, 0.05) is 53.6 Å². The zero-order chi connectivity index (χ0) is 36.6. The van der Waals surface area contributed by atoms with E-state index in [-0.39, 0.29) is 0 Å². The van der Waals surface area contributed by atoms with Gasteiger partial charge >= 0.3 is 0 Å². The number of fused-ring (bicyclic) bond motifs is 3. The maximum atomic E-state index is 4.51. The van der Waals surface area contributed by atoms with Crippen molar-refractivity contribution >= 4 is 21.8 Å². The van der Waals surface area contributed by atoms with Gasteiger partial charge in [0.2, 0.25) is 0 Å². The molecule has 0 atom stereocenters. The predicted molar refractivity (Wildman–Crippen MR) is 227 cm³/mol. The highest BCUT2D eigenvalue weighted by atomic mass is 15.0. The third kappa shape index (κ3) is 6.16. The Kier molecular flexibility index (Phi) is 8.12. The zero-order valence-corrected chi connectivity index (χ0v) is 29.9. The third-order valence-corrected chi connectivity index (χ3v) is 10.5. The van der Waals surface area contributed by atoms with Crippen molar-refractivity contribution in [3.05, 3.63) is 207 Å². The molecule has 0 bridgehead atoms. The first kappa shape index (κ1) is 32.2. The fourth-order valence-electron chi connectivity index (χ4n) is 7.77. The Balaban J connectivity index is 1.13. The van der Waals surface area contributed by atoms with Crippen LogP contribution in [0.5, 0.6) is 0 Å². The number of pyridine rings is 3. The summed E-state index contributed by atoms with van der Waals surface area (Å²) in [6, 6.07) is 61.2. The number of nitrogens with zero attached hydrogens (tertiary/aromatic N) is 4. The van der Waals surface area contributed by atoms with Gasteiger partial charge in [-0.3, -0.25) is 15.0 Å². The van der Waals surface area contributed by atoms with Gasteiger partial charge in [0.1, 0.15) is 0 Å². The Morgan fingerprint density at radius 3 is 1.15 bits per heavy atom. The summed E-state index contributed by atoms with van der Waals surface area (Å²) < 4.78 is 2.38. The molecule has 0 spiro atoms. The summed E-state index contributed by atoms with van der Waals surface area (Å²) in [5.41, 5.74) is 17.3. The smallest absolute Gasteiger partial charge is 0.0571 e. The van der Waals surface area contributed by atoms with Crippen LogP contribution in [0, 0.1) is 0 Å². The van der Waals surface area contributed by atoms with Crippen molar-refractivity contribution < 1.29 is 0 Å². The molecule has 10 aromatic rings. The van der Waals surface area contributed by atoms with Gasteiger partial charge in [0.05, 0.1) is 11.0 Å². The van der Waals surface area contributed by atoms with Crippen molar-refractivity contribution in [3.8, 4) is 72.4 Å². The van der Waals surface area contributed by atoms with E-state index in [2.05, 4.69) is 189 Å². The highest BCUT2D eigenvalue weighted by Crippen LogP contribution is 2.38. The Bertz CT molecular complexity index is 2780. The summed E-state index contributed by atoms with van der Waals surface area (Å²) in [5, 5.41) is 2.32. The van der Waals surface area contributed by atoms with Gasteiger partial charge in [0.15, 0.2) is 0 Å². The van der Waals surface area contributed by atoms with Crippen molar-refractivity contribution in [2.75, 3.05) is 0 Å². The van der Waals surface area contributed by atoms with E-state index in [0.29, 0.717) is 0 Å². The Labute approximate surface area is 319 Å². The van der Waals surface area contributed by atoms with Crippen LogP contribution < -0.4 is 0 Å². The van der Waals surface area contributed by atoms with E-state index in [1.54, 1.807) is 0 Å². The fraction of sp³-hybridized carbons (Fsp3) is 0. The van der Waals surface area contributed by atoms with Gasteiger partial charge in [-0.1, -0.05) is 91.0 Å². The number of aromatic nitrogens is 4. The molecule has 6 aromatic carbocycles. The largest absolute Gasteiger partial charge is 0.309 e. The molecule has 55 heavy (non-hydrogen) atoms. The second-order valence-electron chi connectivity index (χ2n) is 13.8. The van der Waals surface area contributed by atoms with Gasteiger partial charge in [-0.25, -0.2) is 0 Å². The number of para-hydroxylation sites is 1. The molecule has 0 amide bonds. The van der Waals surface area contributed by atoms with Crippen molar-refractivity contribution in [2.45, 2.75) is 0 Å². The number of rotatable bonds is 7. The van der Waals surface area contributed by atoms with Crippen LogP contribution in [0.25, 0.3) is 94.3 Å². The molecule has 4 heteroatoms. The third-order valence-electron chi connectivity index (χ3n) is 10.5. The quantitative estimate of drug-likeness (QED) is 0.166. The van der Waals surface area contributed by atoms with Crippen molar-refractivity contribution in [3.63, 3.8) is 0 Å². The molecule has 0 unspecified atom stereocenters. The van der Waals surface area contributed by atoms with Gasteiger partial charge < -0.3 is 4.57 Å². The van der Waals surface area contributed by atoms with E-state index in [9.17, 15) is 0 Å². The first-order valence-corrected chi connectivity index (χ1v) is 18.5. The minimum atomic E-state index is 1.10. The fourth-order valence-corrected chi connectivity index (χ4v) is 7.77. The minimum Gasteiger partial charge on any atom is -0.309 e. The predicted octanol–water partition coefficient (Wildman–Crippen LogP) is 13.0. The average molecular weight is 703 g/mol. The van der Waals surface area contributed by atoms with E-state index in [0.717, 1.165) is 55.5 Å². The molecule has 4 aromatic heterocycles. The van der Waals surface area contributed by atoms with Crippen molar-refractivity contribution in [1.29, 1.82) is 0 Å². The van der Waals surface area contributed by atoms with Gasteiger partial charge in [0.25, 0.3) is 0 Å². The molecule has 4 nitrogen and oxygen atoms in total. The van der Waals surface area contributed by atoms with Crippen LogP contribution >= 0.6 is 0 Å². The average Bonchev–Trinajstić information content (AvgIpc) is 3.61. The van der Waals surface area contributed by atoms with Crippen LogP contribution in [0.15, 0.2) is 207 Å². The first-order valence-electron chi connectivity index (χ1n) is 18.5. The monoisotopic (exact) mass is 702 g/mol. The Morgan fingerprint density at radius 2 is 0.655 bits per heavy atom. The molecule has 10 rings (SSSR count). The minimum absolute atomic E-state index is 1.10. The molecule has 258 valence electrons. The second kappa shape index (κ2) is 13.8. The lowest BCUT2D eigenvalue weighted by Gasteiger charge is -2.15. The van der Waals surface area contributed by atoms with E-state index < -0.39 is 0 Å². The number of benzene rings is 6. The molecular weight excluding hydrogens is 669 g/mol. The van der Waals surface area contributed by atoms with Gasteiger partial charge in [-0.05, 0) is 146 Å². The summed E-state index contributed by atoms with van der Waals surface area (Å²) in [6.07, 6.45) is 11.2. The van der Waals surface area contributed by atoms with Crippen molar-refractivity contribution in [2.24, 2.45) is 0 Å². The van der Waals surface area contributed by atoms with Gasteiger partial charge in [-0.15, -0.1) is 0 Å². The maximum absolute atomic E-state index is 4.51. The summed E-state index contributed by atoms with van der Waals surface area (Å²) in [5.74, 6) is 0. The summed E-state index contributed by atoms with van der Waals surface area (Å²) in [4.78, 5) is 12.9. The molecule has 0 N–H and O–H groups in total. The number of hydrogen-bond acceptors (Lipinski definition) is 3. The van der Waals surface area contributed by atoms with E-state index in [1.807, 2.05) is 37.2 Å². The van der Waals surface area contributed by atoms with E-state index in [4.69, 9.17) is 0 Å². The van der Waals surface area contributed by atoms with Crippen LogP contribution in [0.1, 0.15) is 0 Å². The van der Waals surface area contributed by atoms with Crippen LogP contribution in [0.4, 0.5) is 0 Å². The highest BCUT2D eigenvalue weighted by molar-refractivity contribution is 6.09. The molecule has 0 aliphatic carbocycles. The SMILES string of the molecule is c1cc(-c2ccncc2)cc(-c2cccc(-c3cc(-c4cccc(-c5cccc(-c6ccncc6)c5)c4)cc(-n4c5ccccc5c5cnccc54)c3)c2)c1. The number of hydrogen-bond donors (Lipinski definition) is 0. The van der Waals surface area contributed by atoms with Crippen LogP contribution in [-0.2, 0) is 0 Å².